The molecule has 2 heterocycles. The van der Waals surface area contributed by atoms with Gasteiger partial charge in [0.1, 0.15) is 0 Å². The second-order valence-corrected chi connectivity index (χ2v) is 6.96. The average Bonchev–Trinajstić information content (AvgIpc) is 2.66. The van der Waals surface area contributed by atoms with Gasteiger partial charge in [-0.15, -0.1) is 0 Å². The minimum absolute atomic E-state index is 0.632. The minimum Gasteiger partial charge on any atom is -0.254 e. The summed E-state index contributed by atoms with van der Waals surface area (Å²) in [6.07, 6.45) is 7.44. The zero-order chi connectivity index (χ0) is 15.9. The van der Waals surface area contributed by atoms with E-state index in [1.807, 2.05) is 12.3 Å². The quantitative estimate of drug-likeness (QED) is 0.660. The lowest BCUT2D eigenvalue weighted by Gasteiger charge is -2.27. The molecule has 3 aromatic rings. The van der Waals surface area contributed by atoms with E-state index in [4.69, 9.17) is 4.98 Å². The molecule has 1 aromatic carbocycles. The zero-order valence-electron chi connectivity index (χ0n) is 13.7. The Balaban J connectivity index is 1.54. The number of aromatic nitrogens is 2. The van der Waals surface area contributed by atoms with Crippen molar-refractivity contribution in [1.82, 2.24) is 9.97 Å². The predicted molar refractivity (Wildman–Crippen MR) is 96.1 cm³/mol. The van der Waals surface area contributed by atoms with Gasteiger partial charge in [0.15, 0.2) is 0 Å². The molecule has 2 aliphatic rings. The van der Waals surface area contributed by atoms with Gasteiger partial charge < -0.3 is 0 Å². The first kappa shape index (κ1) is 13.9. The molecule has 0 spiro atoms. The molecule has 0 radical (unpaired) electrons. The predicted octanol–water partition coefficient (Wildman–Crippen LogP) is 4.51. The second-order valence-electron chi connectivity index (χ2n) is 6.96. The molecule has 0 saturated carbocycles. The summed E-state index contributed by atoms with van der Waals surface area (Å²) in [5, 5.41) is 0. The van der Waals surface area contributed by atoms with Crippen LogP contribution >= 0.6 is 0 Å². The summed E-state index contributed by atoms with van der Waals surface area (Å²) in [6, 6.07) is 17.6. The number of benzene rings is 1. The molecule has 0 fully saturated rings. The fraction of sp³-hybridized carbons (Fsp3) is 0.273. The topological polar surface area (TPSA) is 25.8 Å². The van der Waals surface area contributed by atoms with E-state index in [0.717, 1.165) is 37.1 Å². The fourth-order valence-electron chi connectivity index (χ4n) is 4.24. The number of hydrogen-bond acceptors (Lipinski definition) is 2. The maximum atomic E-state index is 5.06. The number of aryl methyl sites for hydroxylation is 3. The van der Waals surface area contributed by atoms with Gasteiger partial charge in [-0.05, 0) is 66.3 Å². The number of rotatable bonds is 1. The van der Waals surface area contributed by atoms with Gasteiger partial charge in [-0.2, -0.15) is 0 Å². The highest BCUT2D eigenvalue weighted by molar-refractivity contribution is 5.66. The summed E-state index contributed by atoms with van der Waals surface area (Å²) in [6.45, 7) is 0. The molecule has 0 saturated heterocycles. The van der Waals surface area contributed by atoms with Gasteiger partial charge in [-0.25, -0.2) is 0 Å². The van der Waals surface area contributed by atoms with Gasteiger partial charge in [-0.1, -0.05) is 42.5 Å². The van der Waals surface area contributed by atoms with Gasteiger partial charge in [0.25, 0.3) is 0 Å². The first-order valence-electron chi connectivity index (χ1n) is 8.89. The highest BCUT2D eigenvalue weighted by Gasteiger charge is 2.25. The molecule has 5 rings (SSSR count). The van der Waals surface area contributed by atoms with Crippen LogP contribution in [0.2, 0.25) is 0 Å². The Morgan fingerprint density at radius 3 is 2.58 bits per heavy atom. The van der Waals surface area contributed by atoms with E-state index in [2.05, 4.69) is 47.4 Å². The lowest BCUT2D eigenvalue weighted by molar-refractivity contribution is 0.573. The Bertz CT molecular complexity index is 899. The third-order valence-electron chi connectivity index (χ3n) is 5.52. The molecular weight excluding hydrogens is 292 g/mol. The Labute approximate surface area is 142 Å². The van der Waals surface area contributed by atoms with Gasteiger partial charge in [0, 0.05) is 11.9 Å². The standard InChI is InChI=1S/C22H20N2/c1-2-5-15(6-3-1)17-10-11-20-19(13-17)14-18-9-8-16-7-4-12-23-21(16)22(18)24-20/h1-7,12,14,17H,8-11,13H2. The van der Waals surface area contributed by atoms with Gasteiger partial charge in [-0.3, -0.25) is 9.97 Å². The first-order valence-corrected chi connectivity index (χ1v) is 8.89. The third-order valence-corrected chi connectivity index (χ3v) is 5.52. The van der Waals surface area contributed by atoms with Crippen molar-refractivity contribution in [3.8, 4) is 11.4 Å². The maximum absolute atomic E-state index is 5.06. The SMILES string of the molecule is c1ccc(C2CCc3nc4c(cc3C2)CCc2cccnc2-4)cc1. The van der Waals surface area contributed by atoms with Crippen LogP contribution < -0.4 is 0 Å². The third kappa shape index (κ3) is 2.25. The van der Waals surface area contributed by atoms with Crippen molar-refractivity contribution in [3.63, 3.8) is 0 Å². The summed E-state index contributed by atoms with van der Waals surface area (Å²) < 4.78 is 0. The van der Waals surface area contributed by atoms with Crippen LogP contribution in [0.4, 0.5) is 0 Å². The lowest BCUT2D eigenvalue weighted by Crippen LogP contribution is -2.17. The van der Waals surface area contributed by atoms with Crippen LogP contribution in [0, 0.1) is 0 Å². The van der Waals surface area contributed by atoms with Gasteiger partial charge in [0.2, 0.25) is 0 Å². The number of fused-ring (bicyclic) bond motifs is 4. The summed E-state index contributed by atoms with van der Waals surface area (Å²) >= 11 is 0. The van der Waals surface area contributed by atoms with Crippen molar-refractivity contribution in [2.24, 2.45) is 0 Å². The summed E-state index contributed by atoms with van der Waals surface area (Å²) in [5.74, 6) is 0.632. The van der Waals surface area contributed by atoms with Crippen LogP contribution in [0.5, 0.6) is 0 Å². The Kier molecular flexibility index (Phi) is 3.22. The molecule has 118 valence electrons. The van der Waals surface area contributed by atoms with E-state index in [1.165, 1.54) is 34.4 Å². The summed E-state index contributed by atoms with van der Waals surface area (Å²) in [5.41, 5.74) is 9.17. The van der Waals surface area contributed by atoms with E-state index < -0.39 is 0 Å². The van der Waals surface area contributed by atoms with Gasteiger partial charge in [0.05, 0.1) is 11.4 Å². The Morgan fingerprint density at radius 2 is 1.67 bits per heavy atom. The summed E-state index contributed by atoms with van der Waals surface area (Å²) in [4.78, 5) is 9.67. The molecule has 24 heavy (non-hydrogen) atoms. The summed E-state index contributed by atoms with van der Waals surface area (Å²) in [7, 11) is 0. The molecule has 2 heteroatoms. The van der Waals surface area contributed by atoms with E-state index >= 15 is 0 Å². The van der Waals surface area contributed by atoms with Crippen molar-refractivity contribution < 1.29 is 0 Å². The van der Waals surface area contributed by atoms with Crippen LogP contribution in [0.25, 0.3) is 11.4 Å². The van der Waals surface area contributed by atoms with Crippen LogP contribution in [-0.2, 0) is 25.7 Å². The molecule has 0 amide bonds. The van der Waals surface area contributed by atoms with Crippen molar-refractivity contribution in [2.45, 2.75) is 38.0 Å². The van der Waals surface area contributed by atoms with E-state index in [1.54, 1.807) is 0 Å². The molecule has 1 unspecified atom stereocenters. The lowest BCUT2D eigenvalue weighted by atomic mass is 9.80. The first-order chi connectivity index (χ1) is 11.9. The van der Waals surface area contributed by atoms with Crippen molar-refractivity contribution in [2.75, 3.05) is 0 Å². The van der Waals surface area contributed by atoms with E-state index in [0.29, 0.717) is 5.92 Å². The molecule has 2 nitrogen and oxygen atoms in total. The largest absolute Gasteiger partial charge is 0.254 e. The van der Waals surface area contributed by atoms with Gasteiger partial charge >= 0.3 is 0 Å². The van der Waals surface area contributed by atoms with Crippen LogP contribution in [0.1, 0.15) is 40.3 Å². The average molecular weight is 312 g/mol. The van der Waals surface area contributed by atoms with E-state index in [9.17, 15) is 0 Å². The van der Waals surface area contributed by atoms with E-state index in [-0.39, 0.29) is 0 Å². The number of nitrogens with zero attached hydrogens (tertiary/aromatic N) is 2. The number of pyridine rings is 2. The zero-order valence-corrected chi connectivity index (χ0v) is 13.7. The van der Waals surface area contributed by atoms with Crippen molar-refractivity contribution in [1.29, 1.82) is 0 Å². The molecule has 2 aliphatic carbocycles. The maximum Gasteiger partial charge on any atom is 0.0924 e. The molecule has 0 bridgehead atoms. The highest BCUT2D eigenvalue weighted by atomic mass is 14.8. The smallest absolute Gasteiger partial charge is 0.0924 e. The monoisotopic (exact) mass is 312 g/mol. The fourth-order valence-corrected chi connectivity index (χ4v) is 4.24. The molecule has 1 atom stereocenters. The Hall–Kier alpha value is -2.48. The minimum atomic E-state index is 0.632. The normalized spacial score (nSPS) is 18.4. The van der Waals surface area contributed by atoms with Crippen LogP contribution in [-0.4, -0.2) is 9.97 Å². The van der Waals surface area contributed by atoms with Crippen LogP contribution in [0.3, 0.4) is 0 Å². The second kappa shape index (κ2) is 5.55. The molecule has 2 aromatic heterocycles. The highest BCUT2D eigenvalue weighted by Crippen LogP contribution is 2.37. The van der Waals surface area contributed by atoms with Crippen LogP contribution in [0.15, 0.2) is 54.7 Å². The van der Waals surface area contributed by atoms with Crippen molar-refractivity contribution in [3.05, 3.63) is 82.7 Å². The Morgan fingerprint density at radius 1 is 0.792 bits per heavy atom. The molecule has 0 aliphatic heterocycles. The molecule has 0 N–H and O–H groups in total. The van der Waals surface area contributed by atoms with Crippen molar-refractivity contribution >= 4 is 0 Å². The number of hydrogen-bond donors (Lipinski definition) is 0. The molecular formula is C22H20N2.